The zero-order valence-electron chi connectivity index (χ0n) is 10.3. The van der Waals surface area contributed by atoms with Crippen LogP contribution in [0.5, 0.6) is 0 Å². The van der Waals surface area contributed by atoms with Gasteiger partial charge in [-0.25, -0.2) is 8.42 Å². The van der Waals surface area contributed by atoms with Crippen molar-refractivity contribution in [2.45, 2.75) is 25.6 Å². The van der Waals surface area contributed by atoms with Crippen molar-refractivity contribution in [3.05, 3.63) is 17.5 Å². The van der Waals surface area contributed by atoms with Crippen LogP contribution in [0.15, 0.2) is 10.6 Å². The molecule has 0 aliphatic rings. The predicted molar refractivity (Wildman–Crippen MR) is 62.0 cm³/mol. The Morgan fingerprint density at radius 2 is 2.18 bits per heavy atom. The van der Waals surface area contributed by atoms with Crippen LogP contribution >= 0.6 is 0 Å². The number of aryl methyl sites for hydroxylation is 1. The van der Waals surface area contributed by atoms with Crippen molar-refractivity contribution in [1.29, 1.82) is 0 Å². The van der Waals surface area contributed by atoms with Gasteiger partial charge in [0, 0.05) is 19.4 Å². The van der Waals surface area contributed by atoms with Crippen LogP contribution in [0.4, 0.5) is 0 Å². The second kappa shape index (κ2) is 4.87. The molecule has 0 aliphatic heterocycles. The number of carbonyl (C=O) groups excluding carboxylic acids is 1. The van der Waals surface area contributed by atoms with Crippen molar-refractivity contribution < 1.29 is 17.7 Å². The van der Waals surface area contributed by atoms with Crippen molar-refractivity contribution >= 4 is 15.7 Å². The molecule has 0 aliphatic carbocycles. The Morgan fingerprint density at radius 3 is 2.59 bits per heavy atom. The molecule has 0 fully saturated rings. The van der Waals surface area contributed by atoms with E-state index in [4.69, 9.17) is 4.52 Å². The fourth-order valence-electron chi connectivity index (χ4n) is 1.31. The molecule has 1 aromatic rings. The van der Waals surface area contributed by atoms with E-state index >= 15 is 0 Å². The number of nitrogens with zero attached hydrogens (tertiary/aromatic N) is 2. The monoisotopic (exact) mass is 260 g/mol. The minimum atomic E-state index is -3.37. The lowest BCUT2D eigenvalue weighted by Gasteiger charge is -2.19. The summed E-state index contributed by atoms with van der Waals surface area (Å²) in [5, 5.41) is 2.70. The molecule has 1 heterocycles. The highest BCUT2D eigenvalue weighted by Gasteiger charge is 2.26. The first-order valence-corrected chi connectivity index (χ1v) is 7.03. The van der Waals surface area contributed by atoms with Crippen molar-refractivity contribution in [2.75, 3.05) is 13.3 Å². The third-order valence-electron chi connectivity index (χ3n) is 2.44. The second-order valence-corrected chi connectivity index (χ2v) is 6.46. The van der Waals surface area contributed by atoms with E-state index in [1.807, 2.05) is 0 Å². The van der Waals surface area contributed by atoms with Crippen molar-refractivity contribution in [2.24, 2.45) is 0 Å². The van der Waals surface area contributed by atoms with E-state index in [1.54, 1.807) is 13.0 Å². The Kier molecular flexibility index (Phi) is 3.92. The number of hydrogen-bond acceptors (Lipinski definition) is 5. The molecule has 1 aromatic heterocycles. The van der Waals surface area contributed by atoms with Crippen molar-refractivity contribution in [3.63, 3.8) is 0 Å². The van der Waals surface area contributed by atoms with Crippen LogP contribution in [-0.2, 0) is 21.2 Å². The van der Waals surface area contributed by atoms with Gasteiger partial charge in [-0.1, -0.05) is 5.16 Å². The summed E-state index contributed by atoms with van der Waals surface area (Å²) in [6.45, 7) is 3.36. The zero-order valence-corrected chi connectivity index (χ0v) is 11.1. The summed E-state index contributed by atoms with van der Waals surface area (Å²) < 4.78 is 27.4. The number of sulfone groups is 1. The van der Waals surface area contributed by atoms with Gasteiger partial charge in [0.1, 0.15) is 16.7 Å². The first-order valence-electron chi connectivity index (χ1n) is 5.08. The Morgan fingerprint density at radius 1 is 1.59 bits per heavy atom. The maximum absolute atomic E-state index is 11.8. The lowest BCUT2D eigenvalue weighted by molar-refractivity contribution is -0.129. The quantitative estimate of drug-likeness (QED) is 0.781. The summed E-state index contributed by atoms with van der Waals surface area (Å²) in [7, 11) is -1.83. The van der Waals surface area contributed by atoms with Crippen LogP contribution in [0.25, 0.3) is 0 Å². The Labute approximate surface area is 100 Å². The van der Waals surface area contributed by atoms with Gasteiger partial charge in [-0.3, -0.25) is 4.79 Å². The van der Waals surface area contributed by atoms with Gasteiger partial charge in [0.05, 0.1) is 6.54 Å². The summed E-state index contributed by atoms with van der Waals surface area (Å²) >= 11 is 0. The van der Waals surface area contributed by atoms with E-state index in [1.165, 1.54) is 18.9 Å². The Bertz CT molecular complexity index is 506. The highest BCUT2D eigenvalue weighted by molar-refractivity contribution is 7.92. The van der Waals surface area contributed by atoms with Crippen molar-refractivity contribution in [1.82, 2.24) is 10.1 Å². The third kappa shape index (κ3) is 3.55. The molecule has 0 bridgehead atoms. The average Bonchev–Trinajstić information content (AvgIpc) is 2.60. The fourth-order valence-corrected chi connectivity index (χ4v) is 1.85. The topological polar surface area (TPSA) is 80.5 Å². The van der Waals surface area contributed by atoms with E-state index in [0.717, 1.165) is 6.26 Å². The van der Waals surface area contributed by atoms with Gasteiger partial charge in [0.2, 0.25) is 5.91 Å². The number of carbonyl (C=O) groups is 1. The van der Waals surface area contributed by atoms with Crippen LogP contribution in [-0.4, -0.2) is 42.9 Å². The predicted octanol–water partition coefficient (Wildman–Crippen LogP) is 0.375. The molecule has 0 N–H and O–H groups in total. The molecule has 0 spiro atoms. The molecule has 1 amide bonds. The molecule has 17 heavy (non-hydrogen) atoms. The fraction of sp³-hybridized carbons (Fsp3) is 0.600. The zero-order chi connectivity index (χ0) is 13.2. The molecule has 1 rings (SSSR count). The molecule has 0 saturated heterocycles. The molecular weight excluding hydrogens is 244 g/mol. The van der Waals surface area contributed by atoms with Crippen LogP contribution in [0.3, 0.4) is 0 Å². The van der Waals surface area contributed by atoms with Crippen LogP contribution in [0.2, 0.25) is 0 Å². The van der Waals surface area contributed by atoms with Gasteiger partial charge in [0.25, 0.3) is 0 Å². The standard InChI is InChI=1S/C10H16N2O4S/c1-7-5-9(11-16-7)6-12(3)10(13)8(2)17(4,14)15/h5,8H,6H2,1-4H3/t8-/m0/s1. The SMILES string of the molecule is Cc1cc(CN(C)C(=O)[C@H](C)S(C)(=O)=O)no1. The van der Waals surface area contributed by atoms with Gasteiger partial charge in [0.15, 0.2) is 9.84 Å². The van der Waals surface area contributed by atoms with E-state index in [2.05, 4.69) is 5.16 Å². The molecule has 0 radical (unpaired) electrons. The highest BCUT2D eigenvalue weighted by Crippen LogP contribution is 2.08. The Balaban J connectivity index is 2.71. The molecule has 96 valence electrons. The largest absolute Gasteiger partial charge is 0.361 e. The molecule has 0 unspecified atom stereocenters. The van der Waals surface area contributed by atoms with E-state index in [0.29, 0.717) is 11.5 Å². The molecule has 0 saturated carbocycles. The van der Waals surface area contributed by atoms with Crippen LogP contribution in [0.1, 0.15) is 18.4 Å². The summed E-state index contributed by atoms with van der Waals surface area (Å²) in [5.41, 5.74) is 0.596. The van der Waals surface area contributed by atoms with Gasteiger partial charge >= 0.3 is 0 Å². The minimum absolute atomic E-state index is 0.232. The van der Waals surface area contributed by atoms with Gasteiger partial charge in [-0.05, 0) is 13.8 Å². The third-order valence-corrected chi connectivity index (χ3v) is 3.93. The first-order chi connectivity index (χ1) is 7.71. The molecule has 7 heteroatoms. The van der Waals surface area contributed by atoms with E-state index in [9.17, 15) is 13.2 Å². The molecule has 0 aromatic carbocycles. The molecule has 1 atom stereocenters. The summed E-state index contributed by atoms with van der Waals surface area (Å²) in [4.78, 5) is 13.1. The van der Waals surface area contributed by atoms with Crippen LogP contribution in [0, 0.1) is 6.92 Å². The summed E-state index contributed by atoms with van der Waals surface area (Å²) in [5.74, 6) is 0.199. The average molecular weight is 260 g/mol. The lowest BCUT2D eigenvalue weighted by Crippen LogP contribution is -2.38. The normalized spacial score (nSPS) is 13.4. The minimum Gasteiger partial charge on any atom is -0.361 e. The van der Waals surface area contributed by atoms with E-state index in [-0.39, 0.29) is 6.54 Å². The molecule has 6 nitrogen and oxygen atoms in total. The lowest BCUT2D eigenvalue weighted by atomic mass is 10.3. The van der Waals surface area contributed by atoms with E-state index < -0.39 is 21.0 Å². The van der Waals surface area contributed by atoms with Gasteiger partial charge in [-0.2, -0.15) is 0 Å². The van der Waals surface area contributed by atoms with Gasteiger partial charge < -0.3 is 9.42 Å². The highest BCUT2D eigenvalue weighted by atomic mass is 32.2. The number of amides is 1. The molecular formula is C10H16N2O4S. The summed E-state index contributed by atoms with van der Waals surface area (Å²) in [6, 6.07) is 1.70. The summed E-state index contributed by atoms with van der Waals surface area (Å²) in [6.07, 6.45) is 1.05. The first kappa shape index (κ1) is 13.7. The second-order valence-electron chi connectivity index (χ2n) is 4.09. The maximum atomic E-state index is 11.8. The van der Waals surface area contributed by atoms with Crippen molar-refractivity contribution in [3.8, 4) is 0 Å². The van der Waals surface area contributed by atoms with Crippen LogP contribution < -0.4 is 0 Å². The number of hydrogen-bond donors (Lipinski definition) is 0. The number of rotatable bonds is 4. The smallest absolute Gasteiger partial charge is 0.240 e. The van der Waals surface area contributed by atoms with Gasteiger partial charge in [-0.15, -0.1) is 0 Å². The Hall–Kier alpha value is -1.37. The maximum Gasteiger partial charge on any atom is 0.240 e. The number of aromatic nitrogens is 1.